The lowest BCUT2D eigenvalue weighted by Crippen LogP contribution is -2.22. The van der Waals surface area contributed by atoms with Crippen molar-refractivity contribution in [1.29, 1.82) is 0 Å². The quantitative estimate of drug-likeness (QED) is 0.509. The molecule has 148 valence electrons. The van der Waals surface area contributed by atoms with Gasteiger partial charge in [-0.25, -0.2) is 8.42 Å². The van der Waals surface area contributed by atoms with Crippen LogP contribution in [-0.4, -0.2) is 50.6 Å². The average Bonchev–Trinajstić information content (AvgIpc) is 2.96. The zero-order valence-electron chi connectivity index (χ0n) is 15.9. The van der Waals surface area contributed by atoms with Gasteiger partial charge in [-0.3, -0.25) is 14.3 Å². The molecular formula is C18H24N2O6S. The van der Waals surface area contributed by atoms with Crippen LogP contribution >= 0.6 is 0 Å². The van der Waals surface area contributed by atoms with Crippen molar-refractivity contribution in [3.63, 3.8) is 0 Å². The highest BCUT2D eigenvalue weighted by Crippen LogP contribution is 2.31. The highest BCUT2D eigenvalue weighted by Gasteiger charge is 2.24. The summed E-state index contributed by atoms with van der Waals surface area (Å²) in [6.07, 6.45) is 3.19. The summed E-state index contributed by atoms with van der Waals surface area (Å²) in [6.45, 7) is 4.39. The van der Waals surface area contributed by atoms with Crippen LogP contribution in [0.5, 0.6) is 5.75 Å². The number of H-pyrrole nitrogens is 1. The SMILES string of the molecule is CCCn1[nH]cc(C(=O)c2ccc(S(C)(=O)=O)c(OCCOC)c2C)c1=O. The van der Waals surface area contributed by atoms with Gasteiger partial charge in [0.05, 0.1) is 6.61 Å². The molecule has 0 aliphatic rings. The molecule has 0 unspecified atom stereocenters. The molecule has 0 radical (unpaired) electrons. The summed E-state index contributed by atoms with van der Waals surface area (Å²) in [5.74, 6) is -0.384. The fraction of sp³-hybridized carbons (Fsp3) is 0.444. The maximum absolute atomic E-state index is 12.9. The molecular weight excluding hydrogens is 372 g/mol. The minimum atomic E-state index is -3.56. The number of nitrogens with one attached hydrogen (secondary N) is 1. The van der Waals surface area contributed by atoms with Crippen LogP contribution in [0.25, 0.3) is 0 Å². The molecule has 0 atom stereocenters. The van der Waals surface area contributed by atoms with Gasteiger partial charge in [0.25, 0.3) is 5.56 Å². The van der Waals surface area contributed by atoms with Gasteiger partial charge in [0.2, 0.25) is 5.78 Å². The Kier molecular flexibility index (Phi) is 6.61. The molecule has 9 heteroatoms. The van der Waals surface area contributed by atoms with E-state index in [0.717, 1.165) is 12.7 Å². The summed E-state index contributed by atoms with van der Waals surface area (Å²) in [5.41, 5.74) is 0.174. The first-order chi connectivity index (χ1) is 12.7. The number of benzene rings is 1. The van der Waals surface area contributed by atoms with E-state index in [1.54, 1.807) is 6.92 Å². The first-order valence-corrected chi connectivity index (χ1v) is 10.4. The first kappa shape index (κ1) is 20.9. The average molecular weight is 396 g/mol. The largest absolute Gasteiger partial charge is 0.490 e. The molecule has 0 saturated heterocycles. The van der Waals surface area contributed by atoms with E-state index in [2.05, 4.69) is 5.10 Å². The molecule has 1 aromatic carbocycles. The van der Waals surface area contributed by atoms with Crippen LogP contribution in [0.3, 0.4) is 0 Å². The Bertz CT molecular complexity index is 988. The van der Waals surface area contributed by atoms with E-state index >= 15 is 0 Å². The molecule has 0 aliphatic heterocycles. The highest BCUT2D eigenvalue weighted by atomic mass is 32.2. The number of ether oxygens (including phenoxy) is 2. The summed E-state index contributed by atoms with van der Waals surface area (Å²) >= 11 is 0. The molecule has 1 aromatic heterocycles. The summed E-state index contributed by atoms with van der Waals surface area (Å²) < 4.78 is 36.0. The second-order valence-corrected chi connectivity index (χ2v) is 8.14. The van der Waals surface area contributed by atoms with Gasteiger partial charge in [0, 0.05) is 37.2 Å². The monoisotopic (exact) mass is 396 g/mol. The first-order valence-electron chi connectivity index (χ1n) is 8.50. The highest BCUT2D eigenvalue weighted by molar-refractivity contribution is 7.90. The van der Waals surface area contributed by atoms with Gasteiger partial charge in [0.15, 0.2) is 9.84 Å². The van der Waals surface area contributed by atoms with Crippen molar-refractivity contribution in [2.24, 2.45) is 0 Å². The minimum Gasteiger partial charge on any atom is -0.490 e. The molecule has 8 nitrogen and oxygen atoms in total. The number of aryl methyl sites for hydroxylation is 1. The third-order valence-electron chi connectivity index (χ3n) is 4.08. The van der Waals surface area contributed by atoms with Crippen LogP contribution in [-0.2, 0) is 21.1 Å². The maximum atomic E-state index is 12.9. The van der Waals surface area contributed by atoms with Gasteiger partial charge < -0.3 is 14.6 Å². The number of carbonyl (C=O) groups is 1. The van der Waals surface area contributed by atoms with Crippen molar-refractivity contribution >= 4 is 15.6 Å². The molecule has 1 heterocycles. The number of methoxy groups -OCH3 is 1. The van der Waals surface area contributed by atoms with E-state index in [9.17, 15) is 18.0 Å². The van der Waals surface area contributed by atoms with Crippen molar-refractivity contribution in [3.05, 3.63) is 45.4 Å². The Morgan fingerprint density at radius 1 is 1.22 bits per heavy atom. The number of rotatable bonds is 9. The molecule has 1 N–H and O–H groups in total. The normalized spacial score (nSPS) is 11.6. The Morgan fingerprint density at radius 3 is 2.52 bits per heavy atom. The number of ketones is 1. The van der Waals surface area contributed by atoms with Crippen molar-refractivity contribution in [2.45, 2.75) is 31.7 Å². The van der Waals surface area contributed by atoms with Gasteiger partial charge in [0.1, 0.15) is 22.8 Å². The Morgan fingerprint density at radius 2 is 1.93 bits per heavy atom. The van der Waals surface area contributed by atoms with E-state index in [1.807, 2.05) is 6.92 Å². The summed E-state index contributed by atoms with van der Waals surface area (Å²) in [6, 6.07) is 2.74. The minimum absolute atomic E-state index is 0.00139. The van der Waals surface area contributed by atoms with Crippen molar-refractivity contribution in [3.8, 4) is 5.75 Å². The van der Waals surface area contributed by atoms with Crippen LogP contribution in [0, 0.1) is 6.92 Å². The number of hydrogen-bond donors (Lipinski definition) is 1. The van der Waals surface area contributed by atoms with E-state index in [1.165, 1.54) is 30.1 Å². The fourth-order valence-electron chi connectivity index (χ4n) is 2.72. The molecule has 0 saturated carbocycles. The molecule has 0 aliphatic carbocycles. The van der Waals surface area contributed by atoms with Gasteiger partial charge in [-0.05, 0) is 25.5 Å². The zero-order chi connectivity index (χ0) is 20.2. The van der Waals surface area contributed by atoms with Crippen LogP contribution in [0.1, 0.15) is 34.8 Å². The Balaban J connectivity index is 2.53. The summed E-state index contributed by atoms with van der Waals surface area (Å²) in [5, 5.41) is 2.78. The molecule has 0 amide bonds. The summed E-state index contributed by atoms with van der Waals surface area (Å²) in [4.78, 5) is 25.3. The predicted molar refractivity (Wildman–Crippen MR) is 100 cm³/mol. The lowest BCUT2D eigenvalue weighted by Gasteiger charge is -2.15. The van der Waals surface area contributed by atoms with Gasteiger partial charge >= 0.3 is 0 Å². The second kappa shape index (κ2) is 8.53. The third kappa shape index (κ3) is 4.48. The lowest BCUT2D eigenvalue weighted by molar-refractivity contribution is 0.103. The van der Waals surface area contributed by atoms with E-state index in [4.69, 9.17) is 9.47 Å². The van der Waals surface area contributed by atoms with E-state index in [-0.39, 0.29) is 35.0 Å². The van der Waals surface area contributed by atoms with Gasteiger partial charge in [-0.15, -0.1) is 0 Å². The number of hydrogen-bond acceptors (Lipinski definition) is 6. The number of nitrogens with zero attached hydrogens (tertiary/aromatic N) is 1. The van der Waals surface area contributed by atoms with Gasteiger partial charge in [-0.1, -0.05) is 6.92 Å². The fourth-order valence-corrected chi connectivity index (χ4v) is 3.58. The Hall–Kier alpha value is -2.39. The molecule has 0 spiro atoms. The molecule has 2 aromatic rings. The molecule has 2 rings (SSSR count). The van der Waals surface area contributed by atoms with Crippen LogP contribution in [0.15, 0.2) is 28.0 Å². The van der Waals surface area contributed by atoms with Crippen LogP contribution in [0.4, 0.5) is 0 Å². The topological polar surface area (TPSA) is 107 Å². The zero-order valence-corrected chi connectivity index (χ0v) is 16.7. The smallest absolute Gasteiger partial charge is 0.277 e. The molecule has 27 heavy (non-hydrogen) atoms. The van der Waals surface area contributed by atoms with E-state index in [0.29, 0.717) is 12.1 Å². The number of aromatic nitrogens is 2. The van der Waals surface area contributed by atoms with Gasteiger partial charge in [-0.2, -0.15) is 0 Å². The van der Waals surface area contributed by atoms with Crippen molar-refractivity contribution < 1.29 is 22.7 Å². The van der Waals surface area contributed by atoms with E-state index < -0.39 is 21.2 Å². The maximum Gasteiger partial charge on any atom is 0.277 e. The molecule has 0 bridgehead atoms. The van der Waals surface area contributed by atoms with Crippen molar-refractivity contribution in [2.75, 3.05) is 26.6 Å². The lowest BCUT2D eigenvalue weighted by atomic mass is 10.0. The van der Waals surface area contributed by atoms with Crippen LogP contribution in [0.2, 0.25) is 0 Å². The third-order valence-corrected chi connectivity index (χ3v) is 5.20. The summed E-state index contributed by atoms with van der Waals surface area (Å²) in [7, 11) is -2.06. The standard InChI is InChI=1S/C18H24N2O6S/c1-5-8-20-18(22)14(11-19-20)16(21)13-6-7-15(27(4,23)24)17(12(13)2)26-10-9-25-3/h6-7,11,19H,5,8-10H2,1-4H3. The number of aromatic amines is 1. The molecule has 0 fully saturated rings. The Labute approximate surface area is 158 Å². The number of sulfone groups is 1. The second-order valence-electron chi connectivity index (χ2n) is 6.15. The predicted octanol–water partition coefficient (Wildman–Crippen LogP) is 1.55. The van der Waals surface area contributed by atoms with Crippen molar-refractivity contribution in [1.82, 2.24) is 9.78 Å². The number of carbonyl (C=O) groups excluding carboxylic acids is 1. The van der Waals surface area contributed by atoms with Crippen LogP contribution < -0.4 is 10.3 Å².